The number of para-hydroxylation sites is 1. The molecule has 0 atom stereocenters. The Labute approximate surface area is 163 Å². The molecule has 0 aliphatic rings. The van der Waals surface area contributed by atoms with Crippen molar-refractivity contribution in [2.24, 2.45) is 0 Å². The molecule has 7 nitrogen and oxygen atoms in total. The number of anilines is 1. The van der Waals surface area contributed by atoms with Crippen LogP contribution in [0.5, 0.6) is 17.2 Å². The number of benzene rings is 2. The molecule has 0 unspecified atom stereocenters. The molecular formula is C21H22N2O5. The zero-order valence-electron chi connectivity index (χ0n) is 16.2. The zero-order chi connectivity index (χ0) is 20.1. The van der Waals surface area contributed by atoms with E-state index in [0.29, 0.717) is 34.3 Å². The molecule has 1 aromatic heterocycles. The summed E-state index contributed by atoms with van der Waals surface area (Å²) in [5.74, 6) is 2.00. The summed E-state index contributed by atoms with van der Waals surface area (Å²) in [5.41, 5.74) is 2.65. The van der Waals surface area contributed by atoms with Gasteiger partial charge in [0.05, 0.1) is 31.0 Å². The number of methoxy groups -OCH3 is 2. The van der Waals surface area contributed by atoms with Crippen molar-refractivity contribution in [3.63, 3.8) is 0 Å². The molecule has 2 aromatic carbocycles. The molecule has 0 saturated carbocycles. The van der Waals surface area contributed by atoms with Gasteiger partial charge in [0.1, 0.15) is 18.1 Å². The van der Waals surface area contributed by atoms with E-state index < -0.39 is 0 Å². The van der Waals surface area contributed by atoms with Crippen LogP contribution >= 0.6 is 0 Å². The van der Waals surface area contributed by atoms with Crippen LogP contribution in [0.4, 0.5) is 5.69 Å². The van der Waals surface area contributed by atoms with Crippen molar-refractivity contribution in [3.8, 4) is 17.2 Å². The maximum absolute atomic E-state index is 12.8. The van der Waals surface area contributed by atoms with Gasteiger partial charge in [0.15, 0.2) is 11.5 Å². The number of aryl methyl sites for hydroxylation is 2. The van der Waals surface area contributed by atoms with Gasteiger partial charge in [-0.3, -0.25) is 4.79 Å². The van der Waals surface area contributed by atoms with Gasteiger partial charge >= 0.3 is 0 Å². The average Bonchev–Trinajstić information content (AvgIpc) is 3.04. The predicted molar refractivity (Wildman–Crippen MR) is 104 cm³/mol. The Hall–Kier alpha value is -3.48. The molecule has 0 aliphatic heterocycles. The van der Waals surface area contributed by atoms with Gasteiger partial charge in [-0.2, -0.15) is 0 Å². The van der Waals surface area contributed by atoms with Gasteiger partial charge in [0.25, 0.3) is 5.91 Å². The van der Waals surface area contributed by atoms with E-state index in [9.17, 15) is 4.79 Å². The van der Waals surface area contributed by atoms with Gasteiger partial charge in [-0.1, -0.05) is 17.3 Å². The van der Waals surface area contributed by atoms with Crippen LogP contribution in [0, 0.1) is 13.8 Å². The second-order valence-electron chi connectivity index (χ2n) is 6.11. The van der Waals surface area contributed by atoms with Gasteiger partial charge < -0.3 is 24.1 Å². The number of nitrogens with one attached hydrogen (secondary N) is 1. The monoisotopic (exact) mass is 382 g/mol. The average molecular weight is 382 g/mol. The molecule has 0 radical (unpaired) electrons. The Balaban J connectivity index is 1.77. The number of hydrogen-bond acceptors (Lipinski definition) is 6. The molecule has 0 aliphatic carbocycles. The van der Waals surface area contributed by atoms with Crippen LogP contribution in [0.1, 0.15) is 27.4 Å². The lowest BCUT2D eigenvalue weighted by Gasteiger charge is -2.13. The highest BCUT2D eigenvalue weighted by atomic mass is 16.5. The first kappa shape index (κ1) is 19.3. The van der Waals surface area contributed by atoms with Gasteiger partial charge in [-0.15, -0.1) is 0 Å². The number of nitrogens with zero attached hydrogens (tertiary/aromatic N) is 1. The number of rotatable bonds is 7. The first-order chi connectivity index (χ1) is 13.5. The SMILES string of the molecule is COc1ccc(NC(=O)c2ccccc2OCc2c(C)noc2C)cc1OC. The molecule has 28 heavy (non-hydrogen) atoms. The summed E-state index contributed by atoms with van der Waals surface area (Å²) in [6, 6.07) is 12.2. The number of amides is 1. The molecule has 3 aromatic rings. The Morgan fingerprint density at radius 3 is 2.46 bits per heavy atom. The van der Waals surface area contributed by atoms with Crippen molar-refractivity contribution < 1.29 is 23.5 Å². The van der Waals surface area contributed by atoms with E-state index in [1.165, 1.54) is 0 Å². The number of carbonyl (C=O) groups excluding carboxylic acids is 1. The lowest BCUT2D eigenvalue weighted by atomic mass is 10.1. The molecule has 0 spiro atoms. The van der Waals surface area contributed by atoms with Crippen LogP contribution in [0.15, 0.2) is 47.0 Å². The van der Waals surface area contributed by atoms with E-state index in [1.54, 1.807) is 50.6 Å². The quantitative estimate of drug-likeness (QED) is 0.661. The van der Waals surface area contributed by atoms with Crippen LogP contribution in [-0.4, -0.2) is 25.3 Å². The Morgan fingerprint density at radius 1 is 1.04 bits per heavy atom. The lowest BCUT2D eigenvalue weighted by Crippen LogP contribution is -2.14. The molecule has 0 fully saturated rings. The molecule has 0 saturated heterocycles. The van der Waals surface area contributed by atoms with E-state index in [1.807, 2.05) is 19.9 Å². The van der Waals surface area contributed by atoms with Crippen molar-refractivity contribution in [3.05, 3.63) is 65.0 Å². The summed E-state index contributed by atoms with van der Waals surface area (Å²) < 4.78 is 21.5. The maximum Gasteiger partial charge on any atom is 0.259 e. The van der Waals surface area contributed by atoms with Crippen LogP contribution in [-0.2, 0) is 6.61 Å². The first-order valence-corrected chi connectivity index (χ1v) is 8.70. The van der Waals surface area contributed by atoms with Crippen LogP contribution < -0.4 is 19.5 Å². The molecule has 3 rings (SSSR count). The number of aromatic nitrogens is 1. The minimum Gasteiger partial charge on any atom is -0.493 e. The molecule has 146 valence electrons. The van der Waals surface area contributed by atoms with Crippen molar-refractivity contribution in [2.45, 2.75) is 20.5 Å². The highest BCUT2D eigenvalue weighted by molar-refractivity contribution is 6.06. The summed E-state index contributed by atoms with van der Waals surface area (Å²) in [6.45, 7) is 3.95. The van der Waals surface area contributed by atoms with E-state index >= 15 is 0 Å². The fraction of sp³-hybridized carbons (Fsp3) is 0.238. The molecule has 1 N–H and O–H groups in total. The summed E-state index contributed by atoms with van der Waals surface area (Å²) >= 11 is 0. The number of carbonyl (C=O) groups is 1. The van der Waals surface area contributed by atoms with E-state index in [0.717, 1.165) is 11.3 Å². The van der Waals surface area contributed by atoms with Gasteiger partial charge in [0, 0.05) is 11.8 Å². The first-order valence-electron chi connectivity index (χ1n) is 8.70. The van der Waals surface area contributed by atoms with Gasteiger partial charge in [-0.05, 0) is 38.1 Å². The van der Waals surface area contributed by atoms with Crippen LogP contribution in [0.3, 0.4) is 0 Å². The third kappa shape index (κ3) is 4.09. The second kappa shape index (κ2) is 8.47. The topological polar surface area (TPSA) is 82.8 Å². The van der Waals surface area contributed by atoms with Gasteiger partial charge in [-0.25, -0.2) is 0 Å². The third-order valence-corrected chi connectivity index (χ3v) is 4.33. The Kier molecular flexibility index (Phi) is 5.84. The number of ether oxygens (including phenoxy) is 3. The minimum atomic E-state index is -0.290. The highest BCUT2D eigenvalue weighted by Gasteiger charge is 2.16. The summed E-state index contributed by atoms with van der Waals surface area (Å²) in [4.78, 5) is 12.8. The predicted octanol–water partition coefficient (Wildman–Crippen LogP) is 4.14. The minimum absolute atomic E-state index is 0.266. The molecule has 1 heterocycles. The van der Waals surface area contributed by atoms with E-state index in [4.69, 9.17) is 18.7 Å². The largest absolute Gasteiger partial charge is 0.493 e. The van der Waals surface area contributed by atoms with Crippen LogP contribution in [0.25, 0.3) is 0 Å². The van der Waals surface area contributed by atoms with E-state index in [2.05, 4.69) is 10.5 Å². The normalized spacial score (nSPS) is 10.4. The van der Waals surface area contributed by atoms with Crippen molar-refractivity contribution in [2.75, 3.05) is 19.5 Å². The van der Waals surface area contributed by atoms with Crippen LogP contribution in [0.2, 0.25) is 0 Å². The van der Waals surface area contributed by atoms with Crippen molar-refractivity contribution >= 4 is 11.6 Å². The molecule has 7 heteroatoms. The summed E-state index contributed by atoms with van der Waals surface area (Å²) in [7, 11) is 3.10. The fourth-order valence-corrected chi connectivity index (χ4v) is 2.75. The Bertz CT molecular complexity index is 961. The standard InChI is InChI=1S/C21H22N2O5/c1-13-17(14(2)28-23-13)12-27-18-8-6-5-7-16(18)21(24)22-15-9-10-19(25-3)20(11-15)26-4/h5-11H,12H2,1-4H3,(H,22,24). The molecule has 0 bridgehead atoms. The van der Waals surface area contributed by atoms with E-state index in [-0.39, 0.29) is 12.5 Å². The zero-order valence-corrected chi connectivity index (χ0v) is 16.2. The highest BCUT2D eigenvalue weighted by Crippen LogP contribution is 2.30. The van der Waals surface area contributed by atoms with Gasteiger partial charge in [0.2, 0.25) is 0 Å². The maximum atomic E-state index is 12.8. The number of hydrogen-bond donors (Lipinski definition) is 1. The second-order valence-corrected chi connectivity index (χ2v) is 6.11. The lowest BCUT2D eigenvalue weighted by molar-refractivity contribution is 0.102. The summed E-state index contributed by atoms with van der Waals surface area (Å²) in [5, 5.41) is 6.77. The Morgan fingerprint density at radius 2 is 1.79 bits per heavy atom. The smallest absolute Gasteiger partial charge is 0.259 e. The fourth-order valence-electron chi connectivity index (χ4n) is 2.75. The van der Waals surface area contributed by atoms with Crippen molar-refractivity contribution in [1.82, 2.24) is 5.16 Å². The molecular weight excluding hydrogens is 360 g/mol. The molecule has 1 amide bonds. The van der Waals surface area contributed by atoms with Crippen molar-refractivity contribution in [1.29, 1.82) is 0 Å². The summed E-state index contributed by atoms with van der Waals surface area (Å²) in [6.07, 6.45) is 0. The third-order valence-electron chi connectivity index (χ3n) is 4.33.